The highest BCUT2D eigenvalue weighted by Crippen LogP contribution is 2.36. The lowest BCUT2D eigenvalue weighted by atomic mass is 10.2. The summed E-state index contributed by atoms with van der Waals surface area (Å²) in [6.45, 7) is -0.819. The van der Waals surface area contributed by atoms with Gasteiger partial charge in [-0.3, -0.25) is 0 Å². The van der Waals surface area contributed by atoms with Crippen LogP contribution in [-0.4, -0.2) is 30.5 Å². The molecular formula is C10H10F6N2O. The van der Waals surface area contributed by atoms with E-state index in [1.54, 1.807) is 0 Å². The first kappa shape index (κ1) is 15.5. The summed E-state index contributed by atoms with van der Waals surface area (Å²) < 4.78 is 77.1. The van der Waals surface area contributed by atoms with Crippen LogP contribution in [0.3, 0.4) is 0 Å². The van der Waals surface area contributed by atoms with Gasteiger partial charge in [-0.15, -0.1) is 0 Å². The van der Waals surface area contributed by atoms with Crippen LogP contribution in [-0.2, 0) is 11.3 Å². The van der Waals surface area contributed by atoms with E-state index in [1.807, 2.05) is 0 Å². The van der Waals surface area contributed by atoms with Crippen LogP contribution in [0.2, 0.25) is 0 Å². The van der Waals surface area contributed by atoms with Crippen LogP contribution >= 0.6 is 0 Å². The maximum Gasteiger partial charge on any atom is 0.423 e. The number of hydrogen-bond acceptors (Lipinski definition) is 3. The molecule has 0 aliphatic carbocycles. The van der Waals surface area contributed by atoms with Crippen LogP contribution in [0.5, 0.6) is 0 Å². The average Bonchev–Trinajstić information content (AvgIpc) is 2.26. The van der Waals surface area contributed by atoms with E-state index in [2.05, 4.69) is 15.0 Å². The van der Waals surface area contributed by atoms with Crippen molar-refractivity contribution in [3.8, 4) is 0 Å². The molecule has 1 aromatic heterocycles. The fourth-order valence-corrected chi connectivity index (χ4v) is 1.25. The maximum absolute atomic E-state index is 12.2. The van der Waals surface area contributed by atoms with Gasteiger partial charge >= 0.3 is 12.4 Å². The molecule has 0 unspecified atom stereocenters. The molecule has 0 aromatic carbocycles. The topological polar surface area (TPSA) is 34.1 Å². The molecule has 3 nitrogen and oxygen atoms in total. The molecule has 9 heteroatoms. The van der Waals surface area contributed by atoms with Crippen molar-refractivity contribution in [2.24, 2.45) is 0 Å². The highest BCUT2D eigenvalue weighted by atomic mass is 19.4. The predicted octanol–water partition coefficient (Wildman–Crippen LogP) is 3.13. The first-order valence-electron chi connectivity index (χ1n) is 5.02. The van der Waals surface area contributed by atoms with Crippen LogP contribution in [0.25, 0.3) is 0 Å². The number of anilines is 1. The molecule has 0 fully saturated rings. The number of hydrogen-bond donors (Lipinski definition) is 1. The lowest BCUT2D eigenvalue weighted by molar-refractivity contribution is -0.324. The largest absolute Gasteiger partial charge is 0.423 e. The highest BCUT2D eigenvalue weighted by molar-refractivity contribution is 5.36. The van der Waals surface area contributed by atoms with Crippen LogP contribution in [0, 0.1) is 0 Å². The van der Waals surface area contributed by atoms with Crippen molar-refractivity contribution in [1.82, 2.24) is 4.98 Å². The Labute approximate surface area is 104 Å². The molecule has 0 aliphatic rings. The summed E-state index contributed by atoms with van der Waals surface area (Å²) >= 11 is 0. The zero-order valence-corrected chi connectivity index (χ0v) is 9.64. The van der Waals surface area contributed by atoms with E-state index >= 15 is 0 Å². The Morgan fingerprint density at radius 3 is 2.26 bits per heavy atom. The Balaban J connectivity index is 2.77. The lowest BCUT2D eigenvalue weighted by Gasteiger charge is -2.23. The van der Waals surface area contributed by atoms with Crippen LogP contribution in [0.4, 0.5) is 32.2 Å². The quantitative estimate of drug-likeness (QED) is 0.864. The van der Waals surface area contributed by atoms with Gasteiger partial charge < -0.3 is 10.1 Å². The van der Waals surface area contributed by atoms with Crippen molar-refractivity contribution in [3.63, 3.8) is 0 Å². The van der Waals surface area contributed by atoms with Gasteiger partial charge in [-0.25, -0.2) is 4.98 Å². The first-order valence-corrected chi connectivity index (χ1v) is 5.02. The van der Waals surface area contributed by atoms with Crippen LogP contribution in [0.15, 0.2) is 18.3 Å². The van der Waals surface area contributed by atoms with E-state index in [-0.39, 0.29) is 5.56 Å². The number of nitrogens with zero attached hydrogens (tertiary/aromatic N) is 1. The van der Waals surface area contributed by atoms with Crippen LogP contribution < -0.4 is 5.32 Å². The summed E-state index contributed by atoms with van der Waals surface area (Å²) in [5.74, 6) is 0.316. The molecule has 0 radical (unpaired) electrons. The summed E-state index contributed by atoms with van der Waals surface area (Å²) in [5, 5.41) is 2.60. The Morgan fingerprint density at radius 1 is 1.21 bits per heavy atom. The van der Waals surface area contributed by atoms with E-state index in [4.69, 9.17) is 0 Å². The zero-order valence-electron chi connectivity index (χ0n) is 9.64. The Morgan fingerprint density at radius 2 is 1.79 bits per heavy atom. The minimum Gasteiger partial charge on any atom is -0.373 e. The Bertz CT molecular complexity index is 403. The molecule has 0 atom stereocenters. The second-order valence-corrected chi connectivity index (χ2v) is 3.57. The molecule has 0 saturated carbocycles. The standard InChI is InChI=1S/C10H10F6N2O/c1-17-7-4-6(2-3-18-7)5-19-8(9(11,12)13)10(14,15)16/h2-4,8H,5H2,1H3,(H,17,18). The van der Waals surface area contributed by atoms with Crippen molar-refractivity contribution < 1.29 is 31.1 Å². The van der Waals surface area contributed by atoms with Gasteiger partial charge in [0.05, 0.1) is 6.61 Å². The summed E-state index contributed by atoms with van der Waals surface area (Å²) in [5.41, 5.74) is 0.151. The molecule has 1 heterocycles. The second-order valence-electron chi connectivity index (χ2n) is 3.57. The number of ether oxygens (including phenoxy) is 1. The molecule has 0 amide bonds. The number of rotatable bonds is 4. The molecule has 19 heavy (non-hydrogen) atoms. The zero-order chi connectivity index (χ0) is 14.7. The van der Waals surface area contributed by atoms with Gasteiger partial charge in [0.15, 0.2) is 0 Å². The van der Waals surface area contributed by atoms with Crippen LogP contribution in [0.1, 0.15) is 5.56 Å². The lowest BCUT2D eigenvalue weighted by Crippen LogP contribution is -2.44. The fourth-order valence-electron chi connectivity index (χ4n) is 1.25. The monoisotopic (exact) mass is 288 g/mol. The molecule has 1 rings (SSSR count). The Hall–Kier alpha value is -1.51. The molecule has 0 spiro atoms. The molecule has 1 aromatic rings. The first-order chi connectivity index (χ1) is 8.64. The third-order valence-corrected chi connectivity index (χ3v) is 2.09. The van der Waals surface area contributed by atoms with E-state index in [0.717, 1.165) is 0 Å². The van der Waals surface area contributed by atoms with Gasteiger partial charge in [0.2, 0.25) is 6.10 Å². The molecular weight excluding hydrogens is 278 g/mol. The van der Waals surface area contributed by atoms with Crippen molar-refractivity contribution in [2.75, 3.05) is 12.4 Å². The molecule has 1 N–H and O–H groups in total. The maximum atomic E-state index is 12.2. The van der Waals surface area contributed by atoms with Gasteiger partial charge in [0.1, 0.15) is 5.82 Å². The number of pyridine rings is 1. The molecule has 0 bridgehead atoms. The van der Waals surface area contributed by atoms with Gasteiger partial charge in [0.25, 0.3) is 0 Å². The number of nitrogens with one attached hydrogen (secondary N) is 1. The summed E-state index contributed by atoms with van der Waals surface area (Å²) in [4.78, 5) is 3.77. The summed E-state index contributed by atoms with van der Waals surface area (Å²) in [7, 11) is 1.52. The van der Waals surface area contributed by atoms with Gasteiger partial charge in [-0.2, -0.15) is 26.3 Å². The number of aromatic nitrogens is 1. The fraction of sp³-hybridized carbons (Fsp3) is 0.500. The van der Waals surface area contributed by atoms with E-state index in [0.29, 0.717) is 5.82 Å². The SMILES string of the molecule is CNc1cc(COC(C(F)(F)F)C(F)(F)F)ccn1. The highest BCUT2D eigenvalue weighted by Gasteiger charge is 2.57. The third kappa shape index (κ3) is 4.58. The van der Waals surface area contributed by atoms with Crippen molar-refractivity contribution >= 4 is 5.82 Å². The van der Waals surface area contributed by atoms with Gasteiger partial charge in [-0.05, 0) is 17.7 Å². The van der Waals surface area contributed by atoms with E-state index in [9.17, 15) is 26.3 Å². The average molecular weight is 288 g/mol. The number of halogens is 6. The van der Waals surface area contributed by atoms with E-state index < -0.39 is 25.1 Å². The normalized spacial score (nSPS) is 12.8. The summed E-state index contributed by atoms with van der Waals surface area (Å²) in [6, 6.07) is 2.56. The second kappa shape index (κ2) is 5.64. The Kier molecular flexibility index (Phi) is 4.61. The van der Waals surface area contributed by atoms with Gasteiger partial charge in [0, 0.05) is 13.2 Å². The molecule has 0 saturated heterocycles. The minimum absolute atomic E-state index is 0.151. The minimum atomic E-state index is -5.50. The van der Waals surface area contributed by atoms with Crippen molar-refractivity contribution in [3.05, 3.63) is 23.9 Å². The van der Waals surface area contributed by atoms with Crippen molar-refractivity contribution in [1.29, 1.82) is 0 Å². The molecule has 108 valence electrons. The predicted molar refractivity (Wildman–Crippen MR) is 54.5 cm³/mol. The van der Waals surface area contributed by atoms with E-state index in [1.165, 1.54) is 25.4 Å². The van der Waals surface area contributed by atoms with Crippen molar-refractivity contribution in [2.45, 2.75) is 25.1 Å². The molecule has 0 aliphatic heterocycles. The number of alkyl halides is 6. The smallest absolute Gasteiger partial charge is 0.373 e. The summed E-state index contributed by atoms with van der Waals surface area (Å²) in [6.07, 6.45) is -13.6. The van der Waals surface area contributed by atoms with Gasteiger partial charge in [-0.1, -0.05) is 0 Å². The third-order valence-electron chi connectivity index (χ3n) is 2.09.